The standard InChI is InChI=1S/C12H12ClFN4S/c1-3-11-16-17-12(19-2)18(11)15-7-8-9(13)5-4-6-10(8)14/h4-7H,3H2,1-2H3/b15-7-. The Labute approximate surface area is 119 Å². The summed E-state index contributed by atoms with van der Waals surface area (Å²) in [7, 11) is 0. The van der Waals surface area contributed by atoms with E-state index in [-0.39, 0.29) is 5.56 Å². The molecule has 7 heteroatoms. The van der Waals surface area contributed by atoms with Gasteiger partial charge in [0.25, 0.3) is 0 Å². The van der Waals surface area contributed by atoms with Crippen molar-refractivity contribution < 1.29 is 4.39 Å². The van der Waals surface area contributed by atoms with Gasteiger partial charge in [-0.3, -0.25) is 0 Å². The molecule has 0 aliphatic carbocycles. The molecule has 19 heavy (non-hydrogen) atoms. The van der Waals surface area contributed by atoms with Crippen LogP contribution in [0.1, 0.15) is 18.3 Å². The molecule has 0 saturated heterocycles. The molecule has 4 nitrogen and oxygen atoms in total. The average molecular weight is 299 g/mol. The minimum atomic E-state index is -0.409. The fourth-order valence-corrected chi connectivity index (χ4v) is 2.17. The second-order valence-corrected chi connectivity index (χ2v) is 4.83. The number of aromatic nitrogens is 3. The number of nitrogens with zero attached hydrogens (tertiary/aromatic N) is 4. The van der Waals surface area contributed by atoms with E-state index in [1.165, 1.54) is 24.0 Å². The first-order valence-electron chi connectivity index (χ1n) is 5.64. The molecular formula is C12H12ClFN4S. The van der Waals surface area contributed by atoms with E-state index in [1.807, 2.05) is 13.2 Å². The van der Waals surface area contributed by atoms with Crippen molar-refractivity contribution in [1.82, 2.24) is 14.9 Å². The molecule has 0 amide bonds. The zero-order valence-corrected chi connectivity index (χ0v) is 12.0. The lowest BCUT2D eigenvalue weighted by Crippen LogP contribution is -2.00. The molecule has 0 bridgehead atoms. The first-order valence-corrected chi connectivity index (χ1v) is 7.24. The summed E-state index contributed by atoms with van der Waals surface area (Å²) in [4.78, 5) is 0. The van der Waals surface area contributed by atoms with Crippen LogP contribution in [-0.2, 0) is 6.42 Å². The zero-order chi connectivity index (χ0) is 13.8. The van der Waals surface area contributed by atoms with Gasteiger partial charge in [-0.15, -0.1) is 10.2 Å². The Morgan fingerprint density at radius 1 is 1.47 bits per heavy atom. The molecule has 0 radical (unpaired) electrons. The van der Waals surface area contributed by atoms with E-state index in [1.54, 1.807) is 16.8 Å². The molecule has 0 N–H and O–H groups in total. The fraction of sp³-hybridized carbons (Fsp3) is 0.250. The van der Waals surface area contributed by atoms with E-state index in [0.29, 0.717) is 22.4 Å². The Morgan fingerprint density at radius 2 is 2.26 bits per heavy atom. The van der Waals surface area contributed by atoms with Crippen LogP contribution in [0.2, 0.25) is 5.02 Å². The molecule has 2 aromatic rings. The van der Waals surface area contributed by atoms with Crippen LogP contribution in [0, 0.1) is 5.82 Å². The molecule has 1 aromatic carbocycles. The van der Waals surface area contributed by atoms with E-state index in [4.69, 9.17) is 11.6 Å². The van der Waals surface area contributed by atoms with Gasteiger partial charge in [0.15, 0.2) is 5.82 Å². The second-order valence-electron chi connectivity index (χ2n) is 3.65. The molecule has 0 spiro atoms. The monoisotopic (exact) mass is 298 g/mol. The third kappa shape index (κ3) is 2.96. The molecule has 1 heterocycles. The van der Waals surface area contributed by atoms with Crippen molar-refractivity contribution in [3.63, 3.8) is 0 Å². The van der Waals surface area contributed by atoms with Gasteiger partial charge in [0, 0.05) is 12.0 Å². The van der Waals surface area contributed by atoms with Gasteiger partial charge in [-0.2, -0.15) is 9.78 Å². The topological polar surface area (TPSA) is 43.1 Å². The number of hydrogen-bond donors (Lipinski definition) is 0. The molecule has 2 rings (SSSR count). The first kappa shape index (κ1) is 14.0. The molecular weight excluding hydrogens is 287 g/mol. The Bertz CT molecular complexity index is 570. The lowest BCUT2D eigenvalue weighted by molar-refractivity contribution is 0.625. The number of benzene rings is 1. The van der Waals surface area contributed by atoms with Crippen molar-refractivity contribution in [2.75, 3.05) is 6.26 Å². The van der Waals surface area contributed by atoms with Gasteiger partial charge in [0.2, 0.25) is 5.16 Å². The summed E-state index contributed by atoms with van der Waals surface area (Å²) < 4.78 is 15.2. The highest BCUT2D eigenvalue weighted by molar-refractivity contribution is 7.98. The normalized spacial score (nSPS) is 11.4. The number of halogens is 2. The highest BCUT2D eigenvalue weighted by Crippen LogP contribution is 2.18. The van der Waals surface area contributed by atoms with Gasteiger partial charge in [-0.25, -0.2) is 4.39 Å². The van der Waals surface area contributed by atoms with Crippen molar-refractivity contribution in [3.8, 4) is 0 Å². The summed E-state index contributed by atoms with van der Waals surface area (Å²) in [6, 6.07) is 4.52. The molecule has 100 valence electrons. The fourth-order valence-electron chi connectivity index (χ4n) is 1.51. The highest BCUT2D eigenvalue weighted by atomic mass is 35.5. The number of rotatable bonds is 4. The van der Waals surface area contributed by atoms with E-state index in [0.717, 1.165) is 0 Å². The van der Waals surface area contributed by atoms with Crippen molar-refractivity contribution in [2.24, 2.45) is 5.10 Å². The van der Waals surface area contributed by atoms with Crippen molar-refractivity contribution in [1.29, 1.82) is 0 Å². The second kappa shape index (κ2) is 6.16. The van der Waals surface area contributed by atoms with Crippen LogP contribution in [0.4, 0.5) is 4.39 Å². The summed E-state index contributed by atoms with van der Waals surface area (Å²) in [5.41, 5.74) is 0.256. The molecule has 0 aliphatic rings. The Hall–Kier alpha value is -1.40. The van der Waals surface area contributed by atoms with Crippen molar-refractivity contribution >= 4 is 29.6 Å². The van der Waals surface area contributed by atoms with Crippen LogP contribution in [0.3, 0.4) is 0 Å². The smallest absolute Gasteiger partial charge is 0.206 e. The predicted octanol–water partition coefficient (Wildman–Crippen LogP) is 3.24. The maximum atomic E-state index is 13.6. The van der Waals surface area contributed by atoms with Gasteiger partial charge in [-0.05, 0) is 18.4 Å². The van der Waals surface area contributed by atoms with Gasteiger partial charge in [-0.1, -0.05) is 36.4 Å². The van der Waals surface area contributed by atoms with Crippen LogP contribution >= 0.6 is 23.4 Å². The molecule has 0 atom stereocenters. The molecule has 0 fully saturated rings. The van der Waals surface area contributed by atoms with Crippen LogP contribution in [0.15, 0.2) is 28.5 Å². The van der Waals surface area contributed by atoms with Crippen LogP contribution < -0.4 is 0 Å². The molecule has 0 unspecified atom stereocenters. The number of thioether (sulfide) groups is 1. The first-order chi connectivity index (χ1) is 9.17. The largest absolute Gasteiger partial charge is 0.211 e. The lowest BCUT2D eigenvalue weighted by atomic mass is 10.2. The maximum absolute atomic E-state index is 13.6. The third-order valence-corrected chi connectivity index (χ3v) is 3.43. The summed E-state index contributed by atoms with van der Waals surface area (Å²) in [6.07, 6.45) is 3.96. The van der Waals surface area contributed by atoms with E-state index in [2.05, 4.69) is 15.3 Å². The number of aryl methyl sites for hydroxylation is 1. The predicted molar refractivity (Wildman–Crippen MR) is 75.6 cm³/mol. The summed E-state index contributed by atoms with van der Waals surface area (Å²) in [5.74, 6) is 0.307. The Morgan fingerprint density at radius 3 is 2.89 bits per heavy atom. The van der Waals surface area contributed by atoms with Crippen LogP contribution in [0.5, 0.6) is 0 Å². The SMILES string of the molecule is CCc1nnc(SC)n1/N=C\c1c(F)cccc1Cl. The summed E-state index contributed by atoms with van der Waals surface area (Å²) in [5, 5.41) is 13.2. The van der Waals surface area contributed by atoms with Gasteiger partial charge in [0.05, 0.1) is 11.2 Å². The van der Waals surface area contributed by atoms with E-state index in [9.17, 15) is 4.39 Å². The van der Waals surface area contributed by atoms with Crippen LogP contribution in [-0.4, -0.2) is 27.3 Å². The quantitative estimate of drug-likeness (QED) is 0.643. The summed E-state index contributed by atoms with van der Waals surface area (Å²) >= 11 is 7.36. The van der Waals surface area contributed by atoms with Gasteiger partial charge < -0.3 is 0 Å². The van der Waals surface area contributed by atoms with Crippen molar-refractivity contribution in [2.45, 2.75) is 18.5 Å². The van der Waals surface area contributed by atoms with Gasteiger partial charge >= 0.3 is 0 Å². The van der Waals surface area contributed by atoms with Crippen molar-refractivity contribution in [3.05, 3.63) is 40.4 Å². The molecule has 1 aromatic heterocycles. The lowest BCUT2D eigenvalue weighted by Gasteiger charge is -2.02. The van der Waals surface area contributed by atoms with E-state index >= 15 is 0 Å². The number of hydrogen-bond acceptors (Lipinski definition) is 4. The minimum absolute atomic E-state index is 0.256. The maximum Gasteiger partial charge on any atom is 0.211 e. The Balaban J connectivity index is 2.40. The highest BCUT2D eigenvalue weighted by Gasteiger charge is 2.09. The Kier molecular flexibility index (Phi) is 4.55. The van der Waals surface area contributed by atoms with Gasteiger partial charge in [0.1, 0.15) is 5.82 Å². The third-order valence-electron chi connectivity index (χ3n) is 2.48. The molecule has 0 saturated carbocycles. The minimum Gasteiger partial charge on any atom is -0.206 e. The zero-order valence-electron chi connectivity index (χ0n) is 10.5. The average Bonchev–Trinajstić information content (AvgIpc) is 2.80. The molecule has 0 aliphatic heterocycles. The summed E-state index contributed by atoms with van der Waals surface area (Å²) in [6.45, 7) is 1.95. The van der Waals surface area contributed by atoms with Crippen LogP contribution in [0.25, 0.3) is 0 Å². The van der Waals surface area contributed by atoms with E-state index < -0.39 is 5.82 Å².